The molecule has 0 fully saturated rings. The minimum absolute atomic E-state index is 0.481. The summed E-state index contributed by atoms with van der Waals surface area (Å²) in [5.74, 6) is 0. The van der Waals surface area contributed by atoms with Gasteiger partial charge in [-0.15, -0.1) is 0 Å². The molecule has 0 amide bonds. The smallest absolute Gasteiger partial charge is 0.156 e. The van der Waals surface area contributed by atoms with Crippen LogP contribution in [-0.2, 0) is 15.9 Å². The highest BCUT2D eigenvalue weighted by atomic mass is 16.5. The summed E-state index contributed by atoms with van der Waals surface area (Å²) in [7, 11) is 0. The molecule has 0 heterocycles. The van der Waals surface area contributed by atoms with Crippen LogP contribution in [0.4, 0.5) is 0 Å². The number of hydrogen-bond donors (Lipinski definition) is 1. The van der Waals surface area contributed by atoms with Gasteiger partial charge < -0.3 is 9.84 Å². The summed E-state index contributed by atoms with van der Waals surface area (Å²) < 4.78 is 6.57. The highest BCUT2D eigenvalue weighted by Gasteiger charge is 2.61. The van der Waals surface area contributed by atoms with Crippen LogP contribution in [0.3, 0.4) is 0 Å². The number of rotatable bonds is 4. The Morgan fingerprint density at radius 3 is 1.86 bits per heavy atom. The van der Waals surface area contributed by atoms with Gasteiger partial charge in [0.25, 0.3) is 0 Å². The lowest BCUT2D eigenvalue weighted by molar-refractivity contribution is -0.143. The fraction of sp³-hybridized carbons (Fsp3) is 0.154. The Bertz CT molecular complexity index is 1130. The molecule has 5 rings (SSSR count). The van der Waals surface area contributed by atoms with Gasteiger partial charge in [0, 0.05) is 12.2 Å². The molecule has 0 saturated carbocycles. The predicted octanol–water partition coefficient (Wildman–Crippen LogP) is 5.37. The van der Waals surface area contributed by atoms with E-state index in [9.17, 15) is 5.11 Å². The summed E-state index contributed by atoms with van der Waals surface area (Å²) in [6, 6.07) is 32.4. The van der Waals surface area contributed by atoms with E-state index in [2.05, 4.69) is 24.3 Å². The second-order valence-corrected chi connectivity index (χ2v) is 7.27. The molecule has 0 aromatic heterocycles. The molecule has 0 spiro atoms. The van der Waals surface area contributed by atoms with E-state index in [1.165, 1.54) is 0 Å². The van der Waals surface area contributed by atoms with Gasteiger partial charge in [0.05, 0.1) is 0 Å². The molecule has 2 atom stereocenters. The van der Waals surface area contributed by atoms with Gasteiger partial charge in [-0.25, -0.2) is 0 Å². The lowest BCUT2D eigenvalue weighted by atomic mass is 9.71. The van der Waals surface area contributed by atoms with Crippen molar-refractivity contribution in [1.82, 2.24) is 0 Å². The summed E-state index contributed by atoms with van der Waals surface area (Å²) in [4.78, 5) is 0. The van der Waals surface area contributed by atoms with Crippen molar-refractivity contribution in [2.24, 2.45) is 0 Å². The SMILES string of the molecule is CCOC1(c2ccccc2)c2cccc3cccc(c23)C1(O)c1ccccc1. The van der Waals surface area contributed by atoms with Crippen LogP contribution in [0.5, 0.6) is 0 Å². The molecule has 1 N–H and O–H groups in total. The van der Waals surface area contributed by atoms with E-state index in [4.69, 9.17) is 4.74 Å². The van der Waals surface area contributed by atoms with Crippen LogP contribution in [0.2, 0.25) is 0 Å². The molecule has 4 aromatic carbocycles. The van der Waals surface area contributed by atoms with Gasteiger partial charge in [0.1, 0.15) is 0 Å². The van der Waals surface area contributed by atoms with Gasteiger partial charge in [-0.1, -0.05) is 97.1 Å². The van der Waals surface area contributed by atoms with Gasteiger partial charge in [-0.3, -0.25) is 0 Å². The number of hydrogen-bond acceptors (Lipinski definition) is 2. The second kappa shape index (κ2) is 6.30. The highest BCUT2D eigenvalue weighted by molar-refractivity contribution is 5.95. The molecule has 0 bridgehead atoms. The van der Waals surface area contributed by atoms with Crippen LogP contribution in [-0.4, -0.2) is 11.7 Å². The van der Waals surface area contributed by atoms with E-state index in [1.54, 1.807) is 0 Å². The summed E-state index contributed by atoms with van der Waals surface area (Å²) >= 11 is 0. The fourth-order valence-electron chi connectivity index (χ4n) is 4.88. The first kappa shape index (κ1) is 17.2. The second-order valence-electron chi connectivity index (χ2n) is 7.27. The van der Waals surface area contributed by atoms with Crippen LogP contribution in [0.15, 0.2) is 97.1 Å². The molecule has 4 aromatic rings. The van der Waals surface area contributed by atoms with Crippen molar-refractivity contribution >= 4 is 10.8 Å². The number of benzene rings is 4. The van der Waals surface area contributed by atoms with Gasteiger partial charge in [-0.2, -0.15) is 0 Å². The summed E-state index contributed by atoms with van der Waals surface area (Å²) in [6.45, 7) is 2.47. The Labute approximate surface area is 165 Å². The average Bonchev–Trinajstić information content (AvgIpc) is 2.99. The quantitative estimate of drug-likeness (QED) is 0.526. The minimum atomic E-state index is -1.34. The maximum atomic E-state index is 12.6. The molecule has 2 nitrogen and oxygen atoms in total. The summed E-state index contributed by atoms with van der Waals surface area (Å²) in [5.41, 5.74) is 1.33. The van der Waals surface area contributed by atoms with Crippen LogP contribution in [0.1, 0.15) is 29.2 Å². The number of aliphatic hydroxyl groups is 1. The molecular weight excluding hydrogens is 344 g/mol. The third-order valence-electron chi connectivity index (χ3n) is 5.92. The normalized spacial score (nSPS) is 23.2. The zero-order valence-corrected chi connectivity index (χ0v) is 15.8. The zero-order valence-electron chi connectivity index (χ0n) is 15.8. The lowest BCUT2D eigenvalue weighted by Gasteiger charge is -2.44. The van der Waals surface area contributed by atoms with Crippen molar-refractivity contribution < 1.29 is 9.84 Å². The molecule has 0 aliphatic heterocycles. The fourth-order valence-corrected chi connectivity index (χ4v) is 4.88. The third-order valence-corrected chi connectivity index (χ3v) is 5.92. The zero-order chi connectivity index (χ0) is 19.2. The highest BCUT2D eigenvalue weighted by Crippen LogP contribution is 2.59. The first-order valence-corrected chi connectivity index (χ1v) is 9.73. The monoisotopic (exact) mass is 366 g/mol. The van der Waals surface area contributed by atoms with E-state index in [0.717, 1.165) is 33.0 Å². The molecule has 1 aliphatic carbocycles. The topological polar surface area (TPSA) is 29.5 Å². The van der Waals surface area contributed by atoms with Gasteiger partial charge in [-0.05, 0) is 34.4 Å². The third kappa shape index (κ3) is 2.05. The molecule has 0 radical (unpaired) electrons. The van der Waals surface area contributed by atoms with Crippen LogP contribution in [0, 0.1) is 0 Å². The van der Waals surface area contributed by atoms with E-state index in [1.807, 2.05) is 79.7 Å². The molecule has 28 heavy (non-hydrogen) atoms. The number of ether oxygens (including phenoxy) is 1. The van der Waals surface area contributed by atoms with Crippen molar-refractivity contribution in [3.05, 3.63) is 119 Å². The van der Waals surface area contributed by atoms with Crippen molar-refractivity contribution in [2.45, 2.75) is 18.1 Å². The molecule has 1 aliphatic rings. The summed E-state index contributed by atoms with van der Waals surface area (Å²) in [6.07, 6.45) is 0. The van der Waals surface area contributed by atoms with Crippen molar-refractivity contribution in [3.8, 4) is 0 Å². The van der Waals surface area contributed by atoms with Gasteiger partial charge >= 0.3 is 0 Å². The minimum Gasteiger partial charge on any atom is -0.377 e. The molecule has 2 heteroatoms. The van der Waals surface area contributed by atoms with E-state index in [0.29, 0.717) is 6.61 Å². The Morgan fingerprint density at radius 1 is 0.679 bits per heavy atom. The molecular formula is C26H22O2. The maximum Gasteiger partial charge on any atom is 0.156 e. The van der Waals surface area contributed by atoms with E-state index >= 15 is 0 Å². The van der Waals surface area contributed by atoms with E-state index in [-0.39, 0.29) is 0 Å². The van der Waals surface area contributed by atoms with Gasteiger partial charge in [0.15, 0.2) is 11.2 Å². The first-order valence-electron chi connectivity index (χ1n) is 9.73. The van der Waals surface area contributed by atoms with E-state index < -0.39 is 11.2 Å². The Balaban J connectivity index is 1.97. The van der Waals surface area contributed by atoms with Crippen molar-refractivity contribution in [1.29, 1.82) is 0 Å². The van der Waals surface area contributed by atoms with Gasteiger partial charge in [0.2, 0.25) is 0 Å². The van der Waals surface area contributed by atoms with Crippen LogP contribution >= 0.6 is 0 Å². The van der Waals surface area contributed by atoms with Crippen LogP contribution < -0.4 is 0 Å². The van der Waals surface area contributed by atoms with Crippen molar-refractivity contribution in [3.63, 3.8) is 0 Å². The average molecular weight is 366 g/mol. The Hall–Kier alpha value is -2.94. The largest absolute Gasteiger partial charge is 0.377 e. The molecule has 0 saturated heterocycles. The lowest BCUT2D eigenvalue weighted by Crippen LogP contribution is -2.49. The van der Waals surface area contributed by atoms with Crippen LogP contribution in [0.25, 0.3) is 10.8 Å². The molecule has 2 unspecified atom stereocenters. The van der Waals surface area contributed by atoms with Crippen molar-refractivity contribution in [2.75, 3.05) is 6.61 Å². The maximum absolute atomic E-state index is 12.6. The Morgan fingerprint density at radius 2 is 1.25 bits per heavy atom. The predicted molar refractivity (Wildman–Crippen MR) is 112 cm³/mol. The summed E-state index contributed by atoms with van der Waals surface area (Å²) in [5, 5.41) is 14.8. The first-order chi connectivity index (χ1) is 13.7. The standard InChI is InChI=1S/C26H22O2/c1-2-28-26(21-15-7-4-8-16-21)23-18-10-12-19-11-9-17-22(24(19)23)25(26,27)20-13-5-3-6-14-20/h3-18,27H,2H2,1H3. The molecule has 138 valence electrons. The Kier molecular flexibility index (Phi) is 3.87.